The number of carbonyl (C=O) groups is 3. The number of hydrogen-bond acceptors (Lipinski definition) is 6. The van der Waals surface area contributed by atoms with Gasteiger partial charge in [0.25, 0.3) is 5.56 Å². The maximum absolute atomic E-state index is 12.5. The van der Waals surface area contributed by atoms with Crippen LogP contribution in [-0.2, 0) is 28.5 Å². The van der Waals surface area contributed by atoms with E-state index in [2.05, 4.69) is 9.97 Å². The van der Waals surface area contributed by atoms with Crippen LogP contribution in [0.3, 0.4) is 0 Å². The van der Waals surface area contributed by atoms with Crippen LogP contribution in [-0.4, -0.2) is 66.3 Å². The topological polar surface area (TPSA) is 130 Å². The van der Waals surface area contributed by atoms with Gasteiger partial charge in [-0.1, -0.05) is 0 Å². The molecular weight excluding hydrogens is 392 g/mol. The Hall–Kier alpha value is -3.24. The molecule has 3 amide bonds. The molecule has 0 saturated carbocycles. The zero-order chi connectivity index (χ0) is 21.6. The molecule has 4 heterocycles. The number of aromatic nitrogens is 4. The van der Waals surface area contributed by atoms with Gasteiger partial charge in [-0.05, 0) is 12.8 Å². The molecule has 0 aliphatic carbocycles. The van der Waals surface area contributed by atoms with Crippen molar-refractivity contribution in [3.05, 3.63) is 26.7 Å². The summed E-state index contributed by atoms with van der Waals surface area (Å²) in [6.07, 6.45) is 1.92. The SMILES string of the molecule is Cn1c(=O)c2[nH]c(C3CCN(C(=O)CCN4C(=O)CCC4=O)CC3)nc2n(C)c1=O. The fourth-order valence-electron chi connectivity index (χ4n) is 4.18. The Labute approximate surface area is 171 Å². The van der Waals surface area contributed by atoms with E-state index in [1.54, 1.807) is 11.9 Å². The molecule has 4 rings (SSSR count). The second kappa shape index (κ2) is 7.54. The third-order valence-corrected chi connectivity index (χ3v) is 6.05. The number of likely N-dealkylation sites (tertiary alicyclic amines) is 2. The van der Waals surface area contributed by atoms with Crippen molar-refractivity contribution in [3.8, 4) is 0 Å². The summed E-state index contributed by atoms with van der Waals surface area (Å²) in [6, 6.07) is 0. The number of amides is 3. The predicted octanol–water partition coefficient (Wildman–Crippen LogP) is -0.795. The number of aryl methyl sites for hydroxylation is 1. The number of aromatic amines is 1. The van der Waals surface area contributed by atoms with Gasteiger partial charge in [0.2, 0.25) is 17.7 Å². The molecule has 2 aliphatic heterocycles. The summed E-state index contributed by atoms with van der Waals surface area (Å²) >= 11 is 0. The van der Waals surface area contributed by atoms with Crippen LogP contribution in [0.25, 0.3) is 11.2 Å². The summed E-state index contributed by atoms with van der Waals surface area (Å²) in [7, 11) is 3.00. The first-order chi connectivity index (χ1) is 14.3. The molecule has 0 bridgehead atoms. The van der Waals surface area contributed by atoms with Crippen LogP contribution in [0.2, 0.25) is 0 Å². The zero-order valence-electron chi connectivity index (χ0n) is 17.0. The number of hydrogen-bond donors (Lipinski definition) is 1. The minimum atomic E-state index is -0.430. The Morgan fingerprint density at radius 1 is 1.03 bits per heavy atom. The second-order valence-corrected chi connectivity index (χ2v) is 7.87. The van der Waals surface area contributed by atoms with Gasteiger partial charge in [-0.3, -0.25) is 33.2 Å². The summed E-state index contributed by atoms with van der Waals surface area (Å²) in [5, 5.41) is 0. The van der Waals surface area contributed by atoms with Gasteiger partial charge in [-0.15, -0.1) is 0 Å². The lowest BCUT2D eigenvalue weighted by molar-refractivity contribution is -0.139. The van der Waals surface area contributed by atoms with Gasteiger partial charge in [-0.25, -0.2) is 9.78 Å². The van der Waals surface area contributed by atoms with Gasteiger partial charge in [-0.2, -0.15) is 0 Å². The minimum Gasteiger partial charge on any atom is -0.343 e. The lowest BCUT2D eigenvalue weighted by atomic mass is 9.96. The van der Waals surface area contributed by atoms with Gasteiger partial charge in [0.05, 0.1) is 0 Å². The number of imidazole rings is 1. The Morgan fingerprint density at radius 2 is 1.67 bits per heavy atom. The van der Waals surface area contributed by atoms with E-state index in [0.717, 1.165) is 4.57 Å². The summed E-state index contributed by atoms with van der Waals surface area (Å²) in [6.45, 7) is 1.19. The predicted molar refractivity (Wildman–Crippen MR) is 106 cm³/mol. The average Bonchev–Trinajstić information content (AvgIpc) is 3.33. The number of nitrogens with one attached hydrogen (secondary N) is 1. The van der Waals surface area contributed by atoms with E-state index in [9.17, 15) is 24.0 Å². The zero-order valence-corrected chi connectivity index (χ0v) is 17.0. The van der Waals surface area contributed by atoms with Crippen LogP contribution in [0.15, 0.2) is 9.59 Å². The number of fused-ring (bicyclic) bond motifs is 1. The molecule has 2 saturated heterocycles. The van der Waals surface area contributed by atoms with Crippen LogP contribution in [0.5, 0.6) is 0 Å². The summed E-state index contributed by atoms with van der Waals surface area (Å²) in [4.78, 5) is 70.7. The standard InChI is InChI=1S/C19H24N6O5/c1-22-17-15(18(29)23(2)19(22)30)20-16(21-17)11-5-8-24(9-6-11)12(26)7-10-25-13(27)3-4-14(25)28/h11H,3-10H2,1-2H3,(H,20,21). The van der Waals surface area contributed by atoms with Crippen LogP contribution in [0.4, 0.5) is 0 Å². The van der Waals surface area contributed by atoms with E-state index in [0.29, 0.717) is 42.9 Å². The molecule has 2 aromatic rings. The molecule has 2 fully saturated rings. The molecule has 160 valence electrons. The van der Waals surface area contributed by atoms with E-state index in [1.807, 2.05) is 0 Å². The lowest BCUT2D eigenvalue weighted by Gasteiger charge is -2.31. The molecule has 2 aliphatic rings. The maximum atomic E-state index is 12.5. The fourth-order valence-corrected chi connectivity index (χ4v) is 4.18. The summed E-state index contributed by atoms with van der Waals surface area (Å²) in [5.41, 5.74) is -0.212. The first-order valence-corrected chi connectivity index (χ1v) is 10.0. The molecule has 0 aromatic carbocycles. The van der Waals surface area contributed by atoms with Gasteiger partial charge < -0.3 is 9.88 Å². The Kier molecular flexibility index (Phi) is 5.04. The van der Waals surface area contributed by atoms with Crippen molar-refractivity contribution in [2.24, 2.45) is 14.1 Å². The van der Waals surface area contributed by atoms with Crippen molar-refractivity contribution < 1.29 is 14.4 Å². The van der Waals surface area contributed by atoms with Crippen LogP contribution in [0, 0.1) is 0 Å². The quantitative estimate of drug-likeness (QED) is 0.650. The molecular formula is C19H24N6O5. The number of nitrogens with zero attached hydrogens (tertiary/aromatic N) is 5. The maximum Gasteiger partial charge on any atom is 0.332 e. The van der Waals surface area contributed by atoms with Crippen molar-refractivity contribution in [1.29, 1.82) is 0 Å². The molecule has 0 atom stereocenters. The largest absolute Gasteiger partial charge is 0.343 e. The number of rotatable bonds is 4. The van der Waals surface area contributed by atoms with Gasteiger partial charge in [0, 0.05) is 58.9 Å². The van der Waals surface area contributed by atoms with E-state index >= 15 is 0 Å². The van der Waals surface area contributed by atoms with Crippen LogP contribution in [0.1, 0.15) is 43.8 Å². The third-order valence-electron chi connectivity index (χ3n) is 6.05. The summed E-state index contributed by atoms with van der Waals surface area (Å²) < 4.78 is 2.39. The number of imide groups is 1. The minimum absolute atomic E-state index is 0.0444. The first-order valence-electron chi connectivity index (χ1n) is 10.0. The van der Waals surface area contributed by atoms with E-state index in [4.69, 9.17) is 0 Å². The number of piperidine rings is 1. The Bertz CT molecular complexity index is 1130. The van der Waals surface area contributed by atoms with Crippen LogP contribution < -0.4 is 11.2 Å². The average molecular weight is 416 g/mol. The van der Waals surface area contributed by atoms with Crippen molar-refractivity contribution in [2.45, 2.75) is 38.0 Å². The molecule has 11 heteroatoms. The number of H-pyrrole nitrogens is 1. The van der Waals surface area contributed by atoms with E-state index < -0.39 is 11.2 Å². The highest BCUT2D eigenvalue weighted by Crippen LogP contribution is 2.27. The highest BCUT2D eigenvalue weighted by molar-refractivity contribution is 6.02. The van der Waals surface area contributed by atoms with Crippen LogP contribution >= 0.6 is 0 Å². The molecule has 1 N–H and O–H groups in total. The Morgan fingerprint density at radius 3 is 2.30 bits per heavy atom. The molecule has 11 nitrogen and oxygen atoms in total. The van der Waals surface area contributed by atoms with Gasteiger partial charge >= 0.3 is 5.69 Å². The molecule has 0 unspecified atom stereocenters. The highest BCUT2D eigenvalue weighted by atomic mass is 16.2. The van der Waals surface area contributed by atoms with Crippen molar-refractivity contribution >= 4 is 28.9 Å². The molecule has 0 radical (unpaired) electrons. The summed E-state index contributed by atoms with van der Waals surface area (Å²) in [5.74, 6) is 0.183. The Balaban J connectivity index is 1.40. The number of carbonyl (C=O) groups excluding carboxylic acids is 3. The monoisotopic (exact) mass is 416 g/mol. The lowest BCUT2D eigenvalue weighted by Crippen LogP contribution is -2.40. The van der Waals surface area contributed by atoms with Gasteiger partial charge in [0.1, 0.15) is 11.3 Å². The highest BCUT2D eigenvalue weighted by Gasteiger charge is 2.31. The van der Waals surface area contributed by atoms with Crippen molar-refractivity contribution in [2.75, 3.05) is 19.6 Å². The fraction of sp³-hybridized carbons (Fsp3) is 0.579. The molecule has 0 spiro atoms. The molecule has 30 heavy (non-hydrogen) atoms. The normalized spacial score (nSPS) is 18.1. The second-order valence-electron chi connectivity index (χ2n) is 7.87. The smallest absolute Gasteiger partial charge is 0.332 e. The molecule has 2 aromatic heterocycles. The first kappa shape index (κ1) is 20.0. The van der Waals surface area contributed by atoms with Crippen molar-refractivity contribution in [3.63, 3.8) is 0 Å². The third kappa shape index (κ3) is 3.33. The van der Waals surface area contributed by atoms with Crippen molar-refractivity contribution in [1.82, 2.24) is 28.9 Å². The van der Waals surface area contributed by atoms with E-state index in [-0.39, 0.29) is 49.4 Å². The van der Waals surface area contributed by atoms with E-state index in [1.165, 1.54) is 16.5 Å². The van der Waals surface area contributed by atoms with Gasteiger partial charge in [0.15, 0.2) is 5.65 Å².